The monoisotopic (exact) mass is 925 g/mol. The van der Waals surface area contributed by atoms with Gasteiger partial charge in [-0.25, -0.2) is 0 Å². The fourth-order valence-corrected chi connectivity index (χ4v) is 9.72. The van der Waals surface area contributed by atoms with Crippen LogP contribution in [0.1, 0.15) is 33.4 Å². The van der Waals surface area contributed by atoms with Crippen LogP contribution in [0.15, 0.2) is 249 Å². The Bertz CT molecular complexity index is 3450. The largest absolute Gasteiger partial charge is 0.256 e. The highest BCUT2D eigenvalue weighted by atomic mass is 14.7. The topological polar surface area (TPSA) is 38.7 Å². The maximum atomic E-state index is 5.16. The molecule has 346 valence electrons. The van der Waals surface area contributed by atoms with E-state index in [1.165, 1.54) is 66.8 Å². The van der Waals surface area contributed by atoms with Gasteiger partial charge >= 0.3 is 0 Å². The van der Waals surface area contributed by atoms with E-state index in [4.69, 9.17) is 4.98 Å². The van der Waals surface area contributed by atoms with Gasteiger partial charge in [-0.1, -0.05) is 212 Å². The Labute approximate surface area is 424 Å². The van der Waals surface area contributed by atoms with Crippen LogP contribution in [0.25, 0.3) is 89.4 Å². The van der Waals surface area contributed by atoms with Crippen LogP contribution in [0, 0.1) is 13.8 Å². The molecule has 0 aliphatic carbocycles. The summed E-state index contributed by atoms with van der Waals surface area (Å²) >= 11 is 0. The molecule has 3 aromatic heterocycles. The van der Waals surface area contributed by atoms with E-state index in [0.717, 1.165) is 81.7 Å². The first-order valence-corrected chi connectivity index (χ1v) is 25.0. The fourth-order valence-electron chi connectivity index (χ4n) is 9.72. The molecular formula is C69H55N3. The van der Waals surface area contributed by atoms with Gasteiger partial charge in [0.25, 0.3) is 0 Å². The normalized spacial score (nSPS) is 11.1. The molecule has 0 N–H and O–H groups in total. The van der Waals surface area contributed by atoms with Gasteiger partial charge in [0.05, 0.1) is 17.1 Å². The first-order valence-electron chi connectivity index (χ1n) is 25.0. The first kappa shape index (κ1) is 45.6. The predicted molar refractivity (Wildman–Crippen MR) is 300 cm³/mol. The number of aryl methyl sites for hydroxylation is 6. The Morgan fingerprint density at radius 2 is 0.625 bits per heavy atom. The summed E-state index contributed by atoms with van der Waals surface area (Å²) in [5.74, 6) is 0. The van der Waals surface area contributed by atoms with Gasteiger partial charge in [0.2, 0.25) is 0 Å². The molecule has 3 heteroatoms. The lowest BCUT2D eigenvalue weighted by Crippen LogP contribution is -1.98. The van der Waals surface area contributed by atoms with Gasteiger partial charge in [0, 0.05) is 40.8 Å². The van der Waals surface area contributed by atoms with E-state index in [0.29, 0.717) is 0 Å². The van der Waals surface area contributed by atoms with Crippen molar-refractivity contribution < 1.29 is 0 Å². The van der Waals surface area contributed by atoms with Gasteiger partial charge < -0.3 is 0 Å². The van der Waals surface area contributed by atoms with Gasteiger partial charge in [0.15, 0.2) is 0 Å². The predicted octanol–water partition coefficient (Wildman–Crippen LogP) is 17.4. The zero-order chi connectivity index (χ0) is 48.6. The first-order chi connectivity index (χ1) is 35.5. The van der Waals surface area contributed by atoms with E-state index in [2.05, 4.69) is 261 Å². The third kappa shape index (κ3) is 10.5. The molecule has 0 spiro atoms. The van der Waals surface area contributed by atoms with Crippen LogP contribution in [0.5, 0.6) is 0 Å². The summed E-state index contributed by atoms with van der Waals surface area (Å²) in [6.45, 7) is 4.15. The standard InChI is InChI=1S/C69H55N3/c1-48-17-39-67(70-45-48)60-27-23-50(24-28-60)19-21-52-41-53(22-20-51-25-29-61(30-26-51)68-40-18-49(2)46-71-68)43-62(42-52)63-15-9-10-16-64(63)66-47-72-69(59-13-7-4-8-14-59)44-65(66)58-37-35-57(36-38-58)56-33-31-55(32-34-56)54-11-5-3-6-12-54/h3-18,23-47H,19-22H2,1-2H3. The molecule has 0 unspecified atom stereocenters. The van der Waals surface area contributed by atoms with Crippen molar-refractivity contribution in [2.45, 2.75) is 39.5 Å². The summed E-state index contributed by atoms with van der Waals surface area (Å²) in [5.41, 5.74) is 25.7. The van der Waals surface area contributed by atoms with Gasteiger partial charge in [-0.3, -0.25) is 15.0 Å². The number of pyridine rings is 3. The van der Waals surface area contributed by atoms with Crippen molar-refractivity contribution in [3.8, 4) is 89.4 Å². The van der Waals surface area contributed by atoms with Crippen LogP contribution in [-0.4, -0.2) is 15.0 Å². The summed E-state index contributed by atoms with van der Waals surface area (Å²) < 4.78 is 0. The summed E-state index contributed by atoms with van der Waals surface area (Å²) in [5, 5.41) is 0. The molecule has 0 fully saturated rings. The Morgan fingerprint density at radius 1 is 0.236 bits per heavy atom. The maximum Gasteiger partial charge on any atom is 0.0708 e. The average Bonchev–Trinajstić information content (AvgIpc) is 3.45. The number of benzene rings is 8. The quantitative estimate of drug-likeness (QED) is 0.109. The smallest absolute Gasteiger partial charge is 0.0708 e. The van der Waals surface area contributed by atoms with Gasteiger partial charge in [0.1, 0.15) is 0 Å². The molecule has 0 radical (unpaired) electrons. The van der Waals surface area contributed by atoms with E-state index < -0.39 is 0 Å². The molecule has 0 amide bonds. The third-order valence-corrected chi connectivity index (χ3v) is 13.8. The summed E-state index contributed by atoms with van der Waals surface area (Å²) in [7, 11) is 0. The summed E-state index contributed by atoms with van der Waals surface area (Å²) in [6, 6.07) is 83.7. The third-order valence-electron chi connectivity index (χ3n) is 13.8. The second-order valence-corrected chi connectivity index (χ2v) is 18.9. The van der Waals surface area contributed by atoms with Crippen LogP contribution >= 0.6 is 0 Å². The second kappa shape index (κ2) is 21.1. The lowest BCUT2D eigenvalue weighted by atomic mass is 9.87. The minimum atomic E-state index is 0.920. The highest BCUT2D eigenvalue weighted by molar-refractivity contribution is 5.93. The maximum absolute atomic E-state index is 5.16. The van der Waals surface area contributed by atoms with Crippen LogP contribution in [0.4, 0.5) is 0 Å². The second-order valence-electron chi connectivity index (χ2n) is 18.9. The molecule has 0 saturated heterocycles. The van der Waals surface area contributed by atoms with E-state index in [-0.39, 0.29) is 0 Å². The van der Waals surface area contributed by atoms with E-state index in [1.54, 1.807) is 0 Å². The summed E-state index contributed by atoms with van der Waals surface area (Å²) in [4.78, 5) is 14.5. The van der Waals surface area contributed by atoms with E-state index in [9.17, 15) is 0 Å². The van der Waals surface area contributed by atoms with Crippen LogP contribution in [-0.2, 0) is 25.7 Å². The zero-order valence-electron chi connectivity index (χ0n) is 40.8. The molecule has 11 rings (SSSR count). The number of nitrogens with zero attached hydrogens (tertiary/aromatic N) is 3. The minimum Gasteiger partial charge on any atom is -0.256 e. The lowest BCUT2D eigenvalue weighted by Gasteiger charge is -2.18. The molecule has 0 saturated carbocycles. The molecule has 0 aliphatic heterocycles. The Morgan fingerprint density at radius 3 is 1.11 bits per heavy atom. The molecule has 0 bridgehead atoms. The van der Waals surface area contributed by atoms with Gasteiger partial charge in [-0.2, -0.15) is 0 Å². The lowest BCUT2D eigenvalue weighted by molar-refractivity contribution is 0.931. The van der Waals surface area contributed by atoms with Crippen molar-refractivity contribution in [1.29, 1.82) is 0 Å². The number of hydrogen-bond donors (Lipinski definition) is 0. The minimum absolute atomic E-state index is 0.920. The van der Waals surface area contributed by atoms with Gasteiger partial charge in [-0.05, 0) is 141 Å². The molecule has 72 heavy (non-hydrogen) atoms. The van der Waals surface area contributed by atoms with Crippen molar-refractivity contribution in [3.05, 3.63) is 282 Å². The molecule has 11 aromatic rings. The van der Waals surface area contributed by atoms with Crippen LogP contribution in [0.3, 0.4) is 0 Å². The molecule has 0 atom stereocenters. The molecular weight excluding hydrogens is 871 g/mol. The Kier molecular flexibility index (Phi) is 13.3. The average molecular weight is 926 g/mol. The van der Waals surface area contributed by atoms with Crippen molar-refractivity contribution >= 4 is 0 Å². The van der Waals surface area contributed by atoms with Crippen molar-refractivity contribution in [1.82, 2.24) is 15.0 Å². The molecule has 3 nitrogen and oxygen atoms in total. The number of hydrogen-bond acceptors (Lipinski definition) is 3. The van der Waals surface area contributed by atoms with E-state index >= 15 is 0 Å². The highest BCUT2D eigenvalue weighted by Gasteiger charge is 2.17. The van der Waals surface area contributed by atoms with Crippen molar-refractivity contribution in [3.63, 3.8) is 0 Å². The van der Waals surface area contributed by atoms with Crippen LogP contribution < -0.4 is 0 Å². The van der Waals surface area contributed by atoms with E-state index in [1.807, 2.05) is 12.4 Å². The molecule has 0 aliphatic rings. The van der Waals surface area contributed by atoms with Crippen molar-refractivity contribution in [2.24, 2.45) is 0 Å². The van der Waals surface area contributed by atoms with Gasteiger partial charge in [-0.15, -0.1) is 0 Å². The highest BCUT2D eigenvalue weighted by Crippen LogP contribution is 2.41. The van der Waals surface area contributed by atoms with Crippen molar-refractivity contribution in [2.75, 3.05) is 0 Å². The zero-order valence-corrected chi connectivity index (χ0v) is 40.8. The Balaban J connectivity index is 0.935. The molecule has 3 heterocycles. The Hall–Kier alpha value is -8.79. The number of rotatable bonds is 14. The molecule has 8 aromatic carbocycles. The number of aromatic nitrogens is 3. The summed E-state index contributed by atoms with van der Waals surface area (Å²) in [6.07, 6.45) is 9.66. The van der Waals surface area contributed by atoms with Crippen LogP contribution in [0.2, 0.25) is 0 Å². The SMILES string of the molecule is Cc1ccc(-c2ccc(CCc3cc(CCc4ccc(-c5ccc(C)cn5)cc4)cc(-c4ccccc4-c4cnc(-c5ccccc5)cc4-c4ccc(-c5ccc(-c6ccccc6)cc5)cc4)c3)cc2)nc1. The fraction of sp³-hybridized carbons (Fsp3) is 0.0870.